The monoisotopic (exact) mass is 422 g/mol. The molecule has 1 heterocycles. The molecule has 0 unspecified atom stereocenters. The van der Waals surface area contributed by atoms with Crippen LogP contribution in [0, 0.1) is 0 Å². The second-order valence-electron chi connectivity index (χ2n) is 4.74. The molecule has 0 saturated carbocycles. The Morgan fingerprint density at radius 2 is 1.27 bits per heavy atom. The van der Waals surface area contributed by atoms with Crippen LogP contribution < -0.4 is 9.47 Å². The molecule has 0 N–H and O–H groups in total. The van der Waals surface area contributed by atoms with Gasteiger partial charge in [-0.2, -0.15) is 0 Å². The van der Waals surface area contributed by atoms with Crippen molar-refractivity contribution in [2.45, 2.75) is 0 Å². The summed E-state index contributed by atoms with van der Waals surface area (Å²) in [6.07, 6.45) is 0. The van der Waals surface area contributed by atoms with Gasteiger partial charge in [0.1, 0.15) is 0 Å². The Morgan fingerprint density at radius 1 is 0.773 bits per heavy atom. The van der Waals surface area contributed by atoms with Gasteiger partial charge in [0.15, 0.2) is 0 Å². The number of hydrogen-bond acceptors (Lipinski definition) is 2. The van der Waals surface area contributed by atoms with E-state index < -0.39 is 0 Å². The van der Waals surface area contributed by atoms with E-state index in [9.17, 15) is 0 Å². The van der Waals surface area contributed by atoms with Crippen LogP contribution in [0.25, 0.3) is 20.0 Å². The Hall–Kier alpha value is -1.48. The van der Waals surface area contributed by atoms with Crippen molar-refractivity contribution in [1.82, 2.24) is 0 Å². The van der Waals surface area contributed by atoms with Crippen LogP contribution in [0.3, 0.4) is 0 Å². The fourth-order valence-electron chi connectivity index (χ4n) is 2.21. The summed E-state index contributed by atoms with van der Waals surface area (Å²) in [4.78, 5) is 0. The first kappa shape index (κ1) is 15.4. The minimum atomic E-state index is 0.280. The maximum absolute atomic E-state index is 5.22. The SMILES string of the molecule is COc1ccc(-c2cc(Br)c(-c3ccc(OC)cc3)[se]2)cc1. The zero-order chi connectivity index (χ0) is 15.5. The summed E-state index contributed by atoms with van der Waals surface area (Å²) in [5.41, 5.74) is 2.49. The molecule has 0 amide bonds. The van der Waals surface area contributed by atoms with Gasteiger partial charge in [0.2, 0.25) is 0 Å². The molecule has 0 aliphatic carbocycles. The quantitative estimate of drug-likeness (QED) is 0.560. The van der Waals surface area contributed by atoms with E-state index >= 15 is 0 Å². The summed E-state index contributed by atoms with van der Waals surface area (Å²) >= 11 is 3.99. The molecule has 0 aliphatic heterocycles. The Bertz CT molecular complexity index is 761. The Kier molecular flexibility index (Phi) is 4.72. The van der Waals surface area contributed by atoms with E-state index in [0.717, 1.165) is 11.5 Å². The molecule has 1 aromatic heterocycles. The molecule has 0 radical (unpaired) electrons. The molecule has 0 fully saturated rings. The predicted molar refractivity (Wildman–Crippen MR) is 95.1 cm³/mol. The fourth-order valence-corrected chi connectivity index (χ4v) is 5.65. The van der Waals surface area contributed by atoms with E-state index in [1.807, 2.05) is 24.3 Å². The van der Waals surface area contributed by atoms with E-state index in [-0.39, 0.29) is 14.5 Å². The van der Waals surface area contributed by atoms with Crippen molar-refractivity contribution < 1.29 is 9.47 Å². The normalized spacial score (nSPS) is 10.5. The Labute approximate surface area is 144 Å². The summed E-state index contributed by atoms with van der Waals surface area (Å²) in [5.74, 6) is 1.77. The molecular formula is C18H15BrO2Se. The Balaban J connectivity index is 1.95. The third-order valence-electron chi connectivity index (χ3n) is 3.41. The number of benzene rings is 2. The van der Waals surface area contributed by atoms with Gasteiger partial charge in [-0.1, -0.05) is 0 Å². The Morgan fingerprint density at radius 3 is 1.77 bits per heavy atom. The van der Waals surface area contributed by atoms with Crippen LogP contribution in [0.2, 0.25) is 0 Å². The van der Waals surface area contributed by atoms with Gasteiger partial charge in [0, 0.05) is 0 Å². The van der Waals surface area contributed by atoms with Crippen molar-refractivity contribution in [3.8, 4) is 31.5 Å². The fraction of sp³-hybridized carbons (Fsp3) is 0.111. The molecule has 0 atom stereocenters. The number of rotatable bonds is 4. The summed E-state index contributed by atoms with van der Waals surface area (Å²) in [6, 6.07) is 18.7. The molecule has 3 aromatic rings. The van der Waals surface area contributed by atoms with Gasteiger partial charge in [-0.25, -0.2) is 0 Å². The van der Waals surface area contributed by atoms with Crippen molar-refractivity contribution in [2.24, 2.45) is 0 Å². The topological polar surface area (TPSA) is 18.5 Å². The van der Waals surface area contributed by atoms with Gasteiger partial charge in [-0.3, -0.25) is 0 Å². The van der Waals surface area contributed by atoms with E-state index in [4.69, 9.17) is 9.47 Å². The maximum atomic E-state index is 5.22. The van der Waals surface area contributed by atoms with Gasteiger partial charge >= 0.3 is 145 Å². The van der Waals surface area contributed by atoms with E-state index in [0.29, 0.717) is 0 Å². The average molecular weight is 422 g/mol. The summed E-state index contributed by atoms with van der Waals surface area (Å²) in [5, 5.41) is 0. The molecule has 0 spiro atoms. The van der Waals surface area contributed by atoms with Gasteiger partial charge in [0.25, 0.3) is 0 Å². The van der Waals surface area contributed by atoms with Crippen LogP contribution in [0.4, 0.5) is 0 Å². The second-order valence-corrected chi connectivity index (χ2v) is 7.81. The van der Waals surface area contributed by atoms with E-state index in [2.05, 4.69) is 46.3 Å². The molecule has 112 valence electrons. The number of hydrogen-bond donors (Lipinski definition) is 0. The average Bonchev–Trinajstić information content (AvgIpc) is 2.97. The van der Waals surface area contributed by atoms with Crippen LogP contribution in [-0.2, 0) is 0 Å². The number of ether oxygens (including phenoxy) is 2. The minimum absolute atomic E-state index is 0.280. The van der Waals surface area contributed by atoms with E-state index in [1.165, 1.54) is 24.5 Å². The molecule has 0 bridgehead atoms. The molecule has 2 nitrogen and oxygen atoms in total. The predicted octanol–water partition coefficient (Wildman–Crippen LogP) is 4.86. The van der Waals surface area contributed by atoms with Crippen molar-refractivity contribution in [3.05, 3.63) is 59.1 Å². The zero-order valence-corrected chi connectivity index (χ0v) is 15.6. The molecular weight excluding hydrogens is 407 g/mol. The first-order valence-corrected chi connectivity index (χ1v) is 9.30. The van der Waals surface area contributed by atoms with Gasteiger partial charge in [-0.05, 0) is 0 Å². The van der Waals surface area contributed by atoms with Crippen LogP contribution >= 0.6 is 15.9 Å². The molecule has 0 saturated heterocycles. The van der Waals surface area contributed by atoms with Crippen LogP contribution in [0.1, 0.15) is 0 Å². The molecule has 0 aliphatic rings. The van der Waals surface area contributed by atoms with Gasteiger partial charge < -0.3 is 0 Å². The van der Waals surface area contributed by atoms with E-state index in [1.54, 1.807) is 14.2 Å². The van der Waals surface area contributed by atoms with Crippen LogP contribution in [0.15, 0.2) is 59.1 Å². The summed E-state index contributed by atoms with van der Waals surface area (Å²) in [6.45, 7) is 0. The first-order valence-electron chi connectivity index (χ1n) is 6.79. The summed E-state index contributed by atoms with van der Waals surface area (Å²) < 4.78 is 14.3. The summed E-state index contributed by atoms with van der Waals surface area (Å²) in [7, 11) is 3.38. The third-order valence-corrected chi connectivity index (χ3v) is 7.22. The van der Waals surface area contributed by atoms with Crippen LogP contribution in [0.5, 0.6) is 11.5 Å². The zero-order valence-electron chi connectivity index (χ0n) is 12.3. The van der Waals surface area contributed by atoms with Gasteiger partial charge in [0.05, 0.1) is 0 Å². The standard InChI is InChI=1S/C18H15BrO2Se/c1-20-14-7-3-12(4-8-14)17-11-16(19)18(22-17)13-5-9-15(21-2)10-6-13/h3-11H,1-2H3. The van der Waals surface area contributed by atoms with Crippen molar-refractivity contribution in [3.63, 3.8) is 0 Å². The number of halogens is 1. The second kappa shape index (κ2) is 6.74. The van der Waals surface area contributed by atoms with Crippen molar-refractivity contribution in [1.29, 1.82) is 0 Å². The van der Waals surface area contributed by atoms with Crippen molar-refractivity contribution in [2.75, 3.05) is 14.2 Å². The van der Waals surface area contributed by atoms with Crippen LogP contribution in [-0.4, -0.2) is 28.7 Å². The first-order chi connectivity index (χ1) is 10.7. The molecule has 22 heavy (non-hydrogen) atoms. The molecule has 3 rings (SSSR count). The molecule has 4 heteroatoms. The number of methoxy groups -OCH3 is 2. The van der Waals surface area contributed by atoms with Gasteiger partial charge in [-0.15, -0.1) is 0 Å². The third kappa shape index (κ3) is 3.14. The van der Waals surface area contributed by atoms with Crippen molar-refractivity contribution >= 4 is 30.4 Å². The molecule has 2 aromatic carbocycles.